The Balaban J connectivity index is 1.81. The van der Waals surface area contributed by atoms with Gasteiger partial charge < -0.3 is 10.1 Å². The lowest BCUT2D eigenvalue weighted by molar-refractivity contribution is -0.115. The van der Waals surface area contributed by atoms with Crippen molar-refractivity contribution in [2.75, 3.05) is 18.2 Å². The predicted molar refractivity (Wildman–Crippen MR) is 104 cm³/mol. The molecule has 1 N–H and O–H groups in total. The lowest BCUT2D eigenvalue weighted by atomic mass is 10.2. The number of thioether (sulfide) groups is 1. The number of hydrogen-bond donors (Lipinski definition) is 1. The van der Waals surface area contributed by atoms with Crippen molar-refractivity contribution in [2.45, 2.75) is 12.2 Å². The highest BCUT2D eigenvalue weighted by Crippen LogP contribution is 2.27. The zero-order valence-electron chi connectivity index (χ0n) is 13.7. The molecule has 0 radical (unpaired) electrons. The van der Waals surface area contributed by atoms with Gasteiger partial charge in [0.2, 0.25) is 5.91 Å². The monoisotopic (exact) mass is 361 g/mol. The van der Waals surface area contributed by atoms with Gasteiger partial charge in [-0.05, 0) is 30.7 Å². The van der Waals surface area contributed by atoms with Gasteiger partial charge in [0, 0.05) is 11.4 Å². The summed E-state index contributed by atoms with van der Waals surface area (Å²) in [5.74, 6) is 1.31. The van der Waals surface area contributed by atoms with Crippen molar-refractivity contribution in [2.24, 2.45) is 0 Å². The number of benzene rings is 2. The van der Waals surface area contributed by atoms with E-state index >= 15 is 0 Å². The zero-order chi connectivity index (χ0) is 17.4. The number of carbonyl (C=O) groups excluding carboxylic acids is 1. The van der Waals surface area contributed by atoms with Crippen molar-refractivity contribution in [3.63, 3.8) is 0 Å². The molecule has 0 aliphatic rings. The number of anilines is 1. The van der Waals surface area contributed by atoms with Gasteiger partial charge in [-0.2, -0.15) is 0 Å². The molecule has 5 heteroatoms. The minimum atomic E-state index is -0.161. The Morgan fingerprint density at radius 2 is 2.04 bits per heavy atom. The Hall–Kier alpha value is -1.91. The van der Waals surface area contributed by atoms with Crippen molar-refractivity contribution in [1.29, 1.82) is 0 Å². The molecule has 0 fully saturated rings. The van der Waals surface area contributed by atoms with Crippen molar-refractivity contribution in [1.82, 2.24) is 0 Å². The standard InChI is InChI=1S/C19H20ClNO2S/c1-14(24-12-6-9-15-7-4-3-5-8-15)19(22)21-16-10-11-18(23-2)17(20)13-16/h3-11,13-14H,12H2,1-2H3,(H,21,22). The number of hydrogen-bond acceptors (Lipinski definition) is 3. The normalized spacial score (nSPS) is 12.1. The van der Waals surface area contributed by atoms with Gasteiger partial charge in [-0.15, -0.1) is 11.8 Å². The van der Waals surface area contributed by atoms with Crippen LogP contribution in [0.25, 0.3) is 6.08 Å². The fourth-order valence-electron chi connectivity index (χ4n) is 2.01. The van der Waals surface area contributed by atoms with E-state index < -0.39 is 0 Å². The summed E-state index contributed by atoms with van der Waals surface area (Å²) in [7, 11) is 1.56. The van der Waals surface area contributed by atoms with Crippen LogP contribution in [0.4, 0.5) is 5.69 Å². The second-order valence-corrected chi connectivity index (χ2v) is 6.91. The van der Waals surface area contributed by atoms with Gasteiger partial charge in [0.05, 0.1) is 17.4 Å². The van der Waals surface area contributed by atoms with Crippen LogP contribution in [-0.2, 0) is 4.79 Å². The molecular weight excluding hydrogens is 342 g/mol. The summed E-state index contributed by atoms with van der Waals surface area (Å²) in [4.78, 5) is 12.2. The lowest BCUT2D eigenvalue weighted by Crippen LogP contribution is -2.22. The Morgan fingerprint density at radius 3 is 2.71 bits per heavy atom. The molecule has 1 unspecified atom stereocenters. The van der Waals surface area contributed by atoms with Gasteiger partial charge >= 0.3 is 0 Å². The van der Waals surface area contributed by atoms with E-state index in [-0.39, 0.29) is 11.2 Å². The van der Waals surface area contributed by atoms with Crippen LogP contribution in [0, 0.1) is 0 Å². The minimum absolute atomic E-state index is 0.0469. The summed E-state index contributed by atoms with van der Waals surface area (Å²) in [6, 6.07) is 15.3. The number of halogens is 1. The van der Waals surface area contributed by atoms with Crippen LogP contribution in [0.3, 0.4) is 0 Å². The summed E-state index contributed by atoms with van der Waals surface area (Å²) in [5.41, 5.74) is 1.82. The lowest BCUT2D eigenvalue weighted by Gasteiger charge is -2.12. The molecule has 2 aromatic rings. The second-order valence-electron chi connectivity index (χ2n) is 5.13. The molecule has 1 atom stereocenters. The topological polar surface area (TPSA) is 38.3 Å². The Morgan fingerprint density at radius 1 is 1.29 bits per heavy atom. The van der Waals surface area contributed by atoms with E-state index in [1.54, 1.807) is 37.1 Å². The van der Waals surface area contributed by atoms with Gasteiger partial charge in [-0.3, -0.25) is 4.79 Å². The van der Waals surface area contributed by atoms with Crippen LogP contribution in [-0.4, -0.2) is 24.0 Å². The van der Waals surface area contributed by atoms with Crippen molar-refractivity contribution >= 4 is 41.0 Å². The number of methoxy groups -OCH3 is 1. The first-order chi connectivity index (χ1) is 11.6. The highest BCUT2D eigenvalue weighted by Gasteiger charge is 2.13. The average Bonchev–Trinajstić information content (AvgIpc) is 2.59. The van der Waals surface area contributed by atoms with Gasteiger partial charge in [0.1, 0.15) is 5.75 Å². The van der Waals surface area contributed by atoms with Gasteiger partial charge in [-0.25, -0.2) is 0 Å². The quantitative estimate of drug-likeness (QED) is 0.743. The number of carbonyl (C=O) groups is 1. The first kappa shape index (κ1) is 18.4. The van der Waals surface area contributed by atoms with Crippen LogP contribution < -0.4 is 10.1 Å². The molecule has 0 heterocycles. The molecule has 126 valence electrons. The van der Waals surface area contributed by atoms with Crippen molar-refractivity contribution < 1.29 is 9.53 Å². The van der Waals surface area contributed by atoms with Crippen LogP contribution >= 0.6 is 23.4 Å². The van der Waals surface area contributed by atoms with Crippen LogP contribution in [0.5, 0.6) is 5.75 Å². The largest absolute Gasteiger partial charge is 0.495 e. The smallest absolute Gasteiger partial charge is 0.237 e. The third-order valence-electron chi connectivity index (χ3n) is 3.34. The van der Waals surface area contributed by atoms with E-state index in [2.05, 4.69) is 17.5 Å². The third-order valence-corrected chi connectivity index (χ3v) is 4.74. The summed E-state index contributed by atoms with van der Waals surface area (Å²) in [6.45, 7) is 1.89. The highest BCUT2D eigenvalue weighted by molar-refractivity contribution is 8.00. The molecule has 3 nitrogen and oxygen atoms in total. The first-order valence-electron chi connectivity index (χ1n) is 7.57. The van der Waals surface area contributed by atoms with E-state index in [1.165, 1.54) is 0 Å². The van der Waals surface area contributed by atoms with Crippen LogP contribution in [0.1, 0.15) is 12.5 Å². The first-order valence-corrected chi connectivity index (χ1v) is 9.00. The van der Waals surface area contributed by atoms with Gasteiger partial charge in [-0.1, -0.05) is 54.1 Å². The highest BCUT2D eigenvalue weighted by atomic mass is 35.5. The molecule has 2 aromatic carbocycles. The molecule has 0 spiro atoms. The Labute approximate surface area is 152 Å². The molecule has 0 aliphatic heterocycles. The minimum Gasteiger partial charge on any atom is -0.495 e. The molecule has 0 saturated carbocycles. The molecular formula is C19H20ClNO2S. The fourth-order valence-corrected chi connectivity index (χ4v) is 2.98. The maximum atomic E-state index is 12.2. The second kappa shape index (κ2) is 9.40. The summed E-state index contributed by atoms with van der Waals surface area (Å²) in [6.07, 6.45) is 4.12. The predicted octanol–water partition coefficient (Wildman–Crippen LogP) is 5.12. The molecule has 0 bridgehead atoms. The van der Waals surface area contributed by atoms with Crippen LogP contribution in [0.15, 0.2) is 54.6 Å². The maximum absolute atomic E-state index is 12.2. The van der Waals surface area contributed by atoms with E-state index in [4.69, 9.17) is 16.3 Å². The molecule has 0 aromatic heterocycles. The van der Waals surface area contributed by atoms with E-state index in [0.717, 1.165) is 11.3 Å². The van der Waals surface area contributed by atoms with E-state index in [0.29, 0.717) is 16.5 Å². The van der Waals surface area contributed by atoms with E-state index in [9.17, 15) is 4.79 Å². The number of rotatable bonds is 7. The molecule has 1 amide bonds. The van der Waals surface area contributed by atoms with E-state index in [1.807, 2.05) is 37.3 Å². The van der Waals surface area contributed by atoms with Gasteiger partial charge in [0.25, 0.3) is 0 Å². The Bertz CT molecular complexity index is 704. The van der Waals surface area contributed by atoms with Crippen molar-refractivity contribution in [3.05, 3.63) is 65.2 Å². The SMILES string of the molecule is COc1ccc(NC(=O)C(C)SCC=Cc2ccccc2)cc1Cl. The summed E-state index contributed by atoms with van der Waals surface area (Å²) in [5, 5.41) is 3.18. The molecule has 24 heavy (non-hydrogen) atoms. The van der Waals surface area contributed by atoms with Gasteiger partial charge in [0.15, 0.2) is 0 Å². The molecule has 2 rings (SSSR count). The fraction of sp³-hybridized carbons (Fsp3) is 0.211. The van der Waals surface area contributed by atoms with Crippen LogP contribution in [0.2, 0.25) is 5.02 Å². The summed E-state index contributed by atoms with van der Waals surface area (Å²) >= 11 is 7.64. The number of amides is 1. The average molecular weight is 362 g/mol. The Kier molecular flexibility index (Phi) is 7.22. The molecule has 0 saturated heterocycles. The maximum Gasteiger partial charge on any atom is 0.237 e. The summed E-state index contributed by atoms with van der Waals surface area (Å²) < 4.78 is 5.10. The third kappa shape index (κ3) is 5.62. The zero-order valence-corrected chi connectivity index (χ0v) is 15.2. The van der Waals surface area contributed by atoms with Crippen molar-refractivity contribution in [3.8, 4) is 5.75 Å². The molecule has 0 aliphatic carbocycles. The number of ether oxygens (including phenoxy) is 1. The number of nitrogens with one attached hydrogen (secondary N) is 1.